The highest BCUT2D eigenvalue weighted by Crippen LogP contribution is 2.34. The molecule has 0 unspecified atom stereocenters. The minimum atomic E-state index is -0.721. The maximum absolute atomic E-state index is 13.1. The van der Waals surface area contributed by atoms with Crippen LogP contribution in [0.25, 0.3) is 0 Å². The fourth-order valence-corrected chi connectivity index (χ4v) is 4.78. The molecule has 1 atom stereocenters. The number of carbonyl (C=O) groups excluding carboxylic acids is 3. The fourth-order valence-electron chi connectivity index (χ4n) is 4.54. The van der Waals surface area contributed by atoms with E-state index in [9.17, 15) is 14.4 Å². The van der Waals surface area contributed by atoms with Crippen LogP contribution in [0.3, 0.4) is 0 Å². The molecule has 8 nitrogen and oxygen atoms in total. The lowest BCUT2D eigenvalue weighted by atomic mass is 9.94. The Bertz CT molecular complexity index is 1170. The van der Waals surface area contributed by atoms with Gasteiger partial charge >= 0.3 is 12.0 Å². The van der Waals surface area contributed by atoms with Crippen molar-refractivity contribution in [3.8, 4) is 0 Å². The predicted molar refractivity (Wildman–Crippen MR) is 138 cm³/mol. The van der Waals surface area contributed by atoms with Gasteiger partial charge in [-0.25, -0.2) is 9.59 Å². The molecule has 9 heteroatoms. The molecule has 0 aliphatic carbocycles. The molecule has 4 rings (SSSR count). The van der Waals surface area contributed by atoms with Crippen LogP contribution in [0.1, 0.15) is 34.5 Å². The standard InChI is InChI=1S/C27H31ClN4O4/c1-4-36-26(34)23-22(30(3)27(35)29-24(23)20-7-5-6-8-21(20)28)17-31-13-15-32(16-14-31)25(33)19-11-9-18(2)10-12-19/h5-12,24H,4,13-17H2,1-3H3,(H,29,35)/t24-/m1/s1. The molecule has 2 aliphatic rings. The lowest BCUT2D eigenvalue weighted by Gasteiger charge is -2.39. The van der Waals surface area contributed by atoms with Crippen molar-refractivity contribution in [1.29, 1.82) is 0 Å². The molecule has 190 valence electrons. The Morgan fingerprint density at radius 3 is 2.36 bits per heavy atom. The highest BCUT2D eigenvalue weighted by molar-refractivity contribution is 6.31. The van der Waals surface area contributed by atoms with Crippen molar-refractivity contribution in [1.82, 2.24) is 20.0 Å². The summed E-state index contributed by atoms with van der Waals surface area (Å²) in [6, 6.07) is 13.7. The number of halogens is 1. The first-order chi connectivity index (χ1) is 17.3. The first-order valence-corrected chi connectivity index (χ1v) is 12.4. The summed E-state index contributed by atoms with van der Waals surface area (Å²) in [6.45, 7) is 6.65. The Labute approximate surface area is 216 Å². The fraction of sp³-hybridized carbons (Fsp3) is 0.370. The first kappa shape index (κ1) is 25.7. The molecular weight excluding hydrogens is 480 g/mol. The normalized spacial score (nSPS) is 18.8. The van der Waals surface area contributed by atoms with Crippen LogP contribution in [0.4, 0.5) is 4.79 Å². The van der Waals surface area contributed by atoms with E-state index in [1.807, 2.05) is 42.2 Å². The summed E-state index contributed by atoms with van der Waals surface area (Å²) >= 11 is 6.45. The van der Waals surface area contributed by atoms with E-state index in [1.165, 1.54) is 4.90 Å². The number of carbonyl (C=O) groups is 3. The van der Waals surface area contributed by atoms with E-state index < -0.39 is 12.0 Å². The number of aryl methyl sites for hydroxylation is 1. The van der Waals surface area contributed by atoms with Crippen LogP contribution in [0, 0.1) is 6.92 Å². The van der Waals surface area contributed by atoms with Crippen molar-refractivity contribution in [2.24, 2.45) is 0 Å². The van der Waals surface area contributed by atoms with Crippen LogP contribution < -0.4 is 5.32 Å². The van der Waals surface area contributed by atoms with E-state index in [4.69, 9.17) is 16.3 Å². The third-order valence-electron chi connectivity index (χ3n) is 6.62. The Hall–Kier alpha value is -3.36. The van der Waals surface area contributed by atoms with Gasteiger partial charge in [0.25, 0.3) is 5.91 Å². The third kappa shape index (κ3) is 5.39. The second-order valence-corrected chi connectivity index (χ2v) is 9.39. The number of amides is 3. The Morgan fingerprint density at radius 2 is 1.72 bits per heavy atom. The summed E-state index contributed by atoms with van der Waals surface area (Å²) in [7, 11) is 1.64. The highest BCUT2D eigenvalue weighted by atomic mass is 35.5. The van der Waals surface area contributed by atoms with Gasteiger partial charge in [0.1, 0.15) is 0 Å². The number of hydrogen-bond donors (Lipinski definition) is 1. The van der Waals surface area contributed by atoms with Crippen molar-refractivity contribution >= 4 is 29.5 Å². The maximum Gasteiger partial charge on any atom is 0.338 e. The van der Waals surface area contributed by atoms with Crippen molar-refractivity contribution < 1.29 is 19.1 Å². The summed E-state index contributed by atoms with van der Waals surface area (Å²) in [5.74, 6) is -0.480. The molecule has 2 aliphatic heterocycles. The molecule has 0 saturated carbocycles. The van der Waals surface area contributed by atoms with Crippen molar-refractivity contribution in [3.63, 3.8) is 0 Å². The van der Waals surface area contributed by atoms with Gasteiger partial charge in [-0.15, -0.1) is 0 Å². The van der Waals surface area contributed by atoms with E-state index in [2.05, 4.69) is 10.2 Å². The SMILES string of the molecule is CCOC(=O)C1=C(CN2CCN(C(=O)c3ccc(C)cc3)CC2)N(C)C(=O)N[C@@H]1c1ccccc1Cl. The van der Waals surface area contributed by atoms with E-state index in [0.29, 0.717) is 60.1 Å². The molecule has 36 heavy (non-hydrogen) atoms. The van der Waals surface area contributed by atoms with Gasteiger partial charge in [0.15, 0.2) is 0 Å². The van der Waals surface area contributed by atoms with Gasteiger partial charge in [0.2, 0.25) is 0 Å². The monoisotopic (exact) mass is 510 g/mol. The molecule has 2 aromatic rings. The number of urea groups is 1. The number of nitrogens with one attached hydrogen (secondary N) is 1. The zero-order chi connectivity index (χ0) is 25.8. The minimum absolute atomic E-state index is 0.00836. The molecule has 1 fully saturated rings. The lowest BCUT2D eigenvalue weighted by molar-refractivity contribution is -0.139. The van der Waals surface area contributed by atoms with Crippen LogP contribution in [0.2, 0.25) is 5.02 Å². The van der Waals surface area contributed by atoms with E-state index in [0.717, 1.165) is 5.56 Å². The second-order valence-electron chi connectivity index (χ2n) is 8.98. The Balaban J connectivity index is 1.57. The summed E-state index contributed by atoms with van der Waals surface area (Å²) < 4.78 is 5.39. The van der Waals surface area contributed by atoms with E-state index >= 15 is 0 Å². The minimum Gasteiger partial charge on any atom is -0.463 e. The number of hydrogen-bond acceptors (Lipinski definition) is 5. The van der Waals surface area contributed by atoms with Crippen molar-refractivity contribution in [2.75, 3.05) is 46.4 Å². The van der Waals surface area contributed by atoms with Gasteiger partial charge in [0.05, 0.1) is 18.2 Å². The van der Waals surface area contributed by atoms with Gasteiger partial charge < -0.3 is 15.0 Å². The van der Waals surface area contributed by atoms with Gasteiger partial charge in [0, 0.05) is 56.1 Å². The summed E-state index contributed by atoms with van der Waals surface area (Å²) in [4.78, 5) is 44.4. The third-order valence-corrected chi connectivity index (χ3v) is 6.96. The molecule has 1 N–H and O–H groups in total. The van der Waals surface area contributed by atoms with Crippen LogP contribution in [-0.4, -0.2) is 79.0 Å². The van der Waals surface area contributed by atoms with Gasteiger partial charge in [-0.2, -0.15) is 0 Å². The molecule has 0 radical (unpaired) electrons. The van der Waals surface area contributed by atoms with Crippen LogP contribution >= 0.6 is 11.6 Å². The number of ether oxygens (including phenoxy) is 1. The highest BCUT2D eigenvalue weighted by Gasteiger charge is 2.38. The molecule has 2 heterocycles. The molecule has 0 aromatic heterocycles. The molecular formula is C27H31ClN4O4. The van der Waals surface area contributed by atoms with Gasteiger partial charge in [-0.05, 0) is 37.6 Å². The smallest absolute Gasteiger partial charge is 0.338 e. The number of rotatable bonds is 6. The van der Waals surface area contributed by atoms with Crippen LogP contribution in [0.15, 0.2) is 59.8 Å². The average Bonchev–Trinajstić information content (AvgIpc) is 2.87. The topological polar surface area (TPSA) is 82.2 Å². The number of benzene rings is 2. The van der Waals surface area contributed by atoms with Crippen LogP contribution in [-0.2, 0) is 9.53 Å². The van der Waals surface area contributed by atoms with Gasteiger partial charge in [-0.3, -0.25) is 14.6 Å². The number of likely N-dealkylation sites (N-methyl/N-ethyl adjacent to an activating group) is 1. The molecule has 2 aromatic carbocycles. The first-order valence-electron chi connectivity index (χ1n) is 12.1. The Morgan fingerprint density at radius 1 is 1.06 bits per heavy atom. The lowest BCUT2D eigenvalue weighted by Crippen LogP contribution is -2.53. The van der Waals surface area contributed by atoms with Crippen LogP contribution in [0.5, 0.6) is 0 Å². The summed E-state index contributed by atoms with van der Waals surface area (Å²) in [6.07, 6.45) is 0. The number of piperazine rings is 1. The Kier molecular flexibility index (Phi) is 7.96. The van der Waals surface area contributed by atoms with E-state index in [1.54, 1.807) is 32.2 Å². The molecule has 0 spiro atoms. The second kappa shape index (κ2) is 11.1. The average molecular weight is 511 g/mol. The zero-order valence-electron chi connectivity index (χ0n) is 20.8. The molecule has 1 saturated heterocycles. The maximum atomic E-state index is 13.1. The molecule has 3 amide bonds. The van der Waals surface area contributed by atoms with E-state index in [-0.39, 0.29) is 18.5 Å². The largest absolute Gasteiger partial charge is 0.463 e. The van der Waals surface area contributed by atoms with Crippen molar-refractivity contribution in [3.05, 3.63) is 81.5 Å². The summed E-state index contributed by atoms with van der Waals surface area (Å²) in [5.41, 5.74) is 3.35. The number of nitrogens with zero attached hydrogens (tertiary/aromatic N) is 3. The van der Waals surface area contributed by atoms with Gasteiger partial charge in [-0.1, -0.05) is 47.5 Å². The molecule has 0 bridgehead atoms. The zero-order valence-corrected chi connectivity index (χ0v) is 21.5. The quantitative estimate of drug-likeness (QED) is 0.600. The summed E-state index contributed by atoms with van der Waals surface area (Å²) in [5, 5.41) is 3.35. The predicted octanol–water partition coefficient (Wildman–Crippen LogP) is 3.62. The number of esters is 1. The van der Waals surface area contributed by atoms with Crippen molar-refractivity contribution in [2.45, 2.75) is 19.9 Å².